The first-order valence-electron chi connectivity index (χ1n) is 29.8. The van der Waals surface area contributed by atoms with Gasteiger partial charge in [0.2, 0.25) is 0 Å². The molecule has 0 spiro atoms. The molecule has 6 nitrogen and oxygen atoms in total. The van der Waals surface area contributed by atoms with Crippen molar-refractivity contribution in [2.45, 2.75) is 309 Å². The van der Waals surface area contributed by atoms with Crippen LogP contribution in [0.4, 0.5) is 0 Å². The van der Waals surface area contributed by atoms with Crippen molar-refractivity contribution < 1.29 is 28.6 Å². The lowest BCUT2D eigenvalue weighted by Crippen LogP contribution is -2.30. The molecule has 0 aromatic carbocycles. The molecule has 0 amide bonds. The van der Waals surface area contributed by atoms with Gasteiger partial charge in [0, 0.05) is 19.3 Å². The summed E-state index contributed by atoms with van der Waals surface area (Å²) in [5.41, 5.74) is 0. The lowest BCUT2D eigenvalue weighted by Gasteiger charge is -2.18. The fourth-order valence-electron chi connectivity index (χ4n) is 8.45. The van der Waals surface area contributed by atoms with Gasteiger partial charge in [-0.2, -0.15) is 0 Å². The summed E-state index contributed by atoms with van der Waals surface area (Å²) in [5.74, 6) is -0.957. The van der Waals surface area contributed by atoms with Crippen molar-refractivity contribution in [2.24, 2.45) is 0 Å². The maximum atomic E-state index is 12.8. The van der Waals surface area contributed by atoms with E-state index in [2.05, 4.69) is 81.5 Å². The predicted molar refractivity (Wildman–Crippen MR) is 298 cm³/mol. The van der Waals surface area contributed by atoms with Crippen molar-refractivity contribution in [2.75, 3.05) is 13.2 Å². The summed E-state index contributed by atoms with van der Waals surface area (Å²) in [5, 5.41) is 0. The second kappa shape index (κ2) is 57.7. The molecule has 0 aromatic rings. The van der Waals surface area contributed by atoms with Crippen LogP contribution in [0.3, 0.4) is 0 Å². The van der Waals surface area contributed by atoms with Crippen LogP contribution < -0.4 is 0 Å². The van der Waals surface area contributed by atoms with E-state index in [-0.39, 0.29) is 37.5 Å². The number of esters is 3. The monoisotopic (exact) mass is 965 g/mol. The standard InChI is InChI=1S/C63H112O6/c1-4-7-10-13-16-19-22-25-28-31-33-35-38-41-44-47-50-53-56-62(65)68-59-60(58-67-61(64)55-52-49-46-43-40-37-34-30-27-24-21-18-15-12-9-6-3)69-63(66)57-54-51-48-45-42-39-36-32-29-26-23-20-17-14-11-8-5-2/h26,29-30,33-36,39,45,48,60H,4-25,27-28,31-32,37-38,40-44,46-47,49-59H2,1-3H3/b29-26-,34-30-,35-33-,39-36-,48-45-. The van der Waals surface area contributed by atoms with Crippen LogP contribution in [0.5, 0.6) is 0 Å². The van der Waals surface area contributed by atoms with Gasteiger partial charge in [-0.1, -0.05) is 242 Å². The summed E-state index contributed by atoms with van der Waals surface area (Å²) in [6.45, 7) is 6.60. The van der Waals surface area contributed by atoms with Gasteiger partial charge in [0.15, 0.2) is 6.10 Å². The number of hydrogen-bond donors (Lipinski definition) is 0. The number of carbonyl (C=O) groups excluding carboxylic acids is 3. The Morgan fingerprint density at radius 3 is 0.870 bits per heavy atom. The Morgan fingerprint density at radius 1 is 0.290 bits per heavy atom. The lowest BCUT2D eigenvalue weighted by molar-refractivity contribution is -0.167. The van der Waals surface area contributed by atoms with Crippen molar-refractivity contribution in [3.8, 4) is 0 Å². The molecule has 69 heavy (non-hydrogen) atoms. The molecule has 0 saturated heterocycles. The van der Waals surface area contributed by atoms with Gasteiger partial charge in [-0.05, 0) is 103 Å². The molecular weight excluding hydrogens is 853 g/mol. The quantitative estimate of drug-likeness (QED) is 0.0262. The third-order valence-electron chi connectivity index (χ3n) is 13.0. The SMILES string of the molecule is CCCCCCCC/C=C\C/C=C\C/C=C\CCCC(=O)OC(COC(=O)CCCCCCC/C=C\CCCCCCCCC)COC(=O)CCCCCCC/C=C\CCCCCCCCCCC. The molecule has 0 radical (unpaired) electrons. The third kappa shape index (κ3) is 55.9. The van der Waals surface area contributed by atoms with E-state index in [1.165, 1.54) is 186 Å². The molecule has 0 bridgehead atoms. The van der Waals surface area contributed by atoms with E-state index in [0.717, 1.165) is 70.6 Å². The van der Waals surface area contributed by atoms with Crippen LogP contribution in [0.1, 0.15) is 303 Å². The molecule has 1 atom stereocenters. The van der Waals surface area contributed by atoms with Gasteiger partial charge < -0.3 is 14.2 Å². The second-order valence-corrected chi connectivity index (χ2v) is 19.9. The molecule has 0 N–H and O–H groups in total. The Morgan fingerprint density at radius 2 is 0.536 bits per heavy atom. The van der Waals surface area contributed by atoms with Crippen LogP contribution in [-0.2, 0) is 28.6 Å². The third-order valence-corrected chi connectivity index (χ3v) is 13.0. The first-order chi connectivity index (χ1) is 34.0. The molecule has 400 valence electrons. The number of rotatable bonds is 54. The van der Waals surface area contributed by atoms with E-state index >= 15 is 0 Å². The Bertz CT molecular complexity index is 1250. The van der Waals surface area contributed by atoms with Gasteiger partial charge in [-0.3, -0.25) is 14.4 Å². The van der Waals surface area contributed by atoms with E-state index < -0.39 is 6.10 Å². The minimum absolute atomic E-state index is 0.1000. The molecular formula is C63H112O6. The number of unbranched alkanes of at least 4 members (excludes halogenated alkanes) is 33. The maximum Gasteiger partial charge on any atom is 0.306 e. The Hall–Kier alpha value is -2.89. The summed E-state index contributed by atoms with van der Waals surface area (Å²) < 4.78 is 16.8. The van der Waals surface area contributed by atoms with E-state index in [4.69, 9.17) is 14.2 Å². The van der Waals surface area contributed by atoms with Crippen molar-refractivity contribution in [1.29, 1.82) is 0 Å². The first-order valence-corrected chi connectivity index (χ1v) is 29.8. The molecule has 0 aliphatic heterocycles. The highest BCUT2D eigenvalue weighted by molar-refractivity contribution is 5.71. The first kappa shape index (κ1) is 66.1. The summed E-state index contributed by atoms with van der Waals surface area (Å²) in [6, 6.07) is 0. The smallest absolute Gasteiger partial charge is 0.306 e. The molecule has 1 unspecified atom stereocenters. The number of hydrogen-bond acceptors (Lipinski definition) is 6. The highest BCUT2D eigenvalue weighted by Crippen LogP contribution is 2.15. The predicted octanol–water partition coefficient (Wildman–Crippen LogP) is 20.0. The zero-order valence-electron chi connectivity index (χ0n) is 45.8. The van der Waals surface area contributed by atoms with Crippen LogP contribution >= 0.6 is 0 Å². The fourth-order valence-corrected chi connectivity index (χ4v) is 8.45. The molecule has 0 saturated carbocycles. The minimum atomic E-state index is -0.807. The molecule has 0 aromatic heterocycles. The average Bonchev–Trinajstić information content (AvgIpc) is 3.35. The van der Waals surface area contributed by atoms with Crippen LogP contribution in [0, 0.1) is 0 Å². The van der Waals surface area contributed by atoms with E-state index in [1.807, 2.05) is 0 Å². The van der Waals surface area contributed by atoms with Gasteiger partial charge in [0.05, 0.1) is 0 Å². The molecule has 0 fully saturated rings. The molecule has 0 aliphatic rings. The Balaban J connectivity index is 4.46. The van der Waals surface area contributed by atoms with Crippen LogP contribution in [0.25, 0.3) is 0 Å². The minimum Gasteiger partial charge on any atom is -0.462 e. The highest BCUT2D eigenvalue weighted by atomic mass is 16.6. The Kier molecular flexibility index (Phi) is 55.3. The van der Waals surface area contributed by atoms with E-state index in [9.17, 15) is 14.4 Å². The van der Waals surface area contributed by atoms with Gasteiger partial charge >= 0.3 is 17.9 Å². The molecule has 0 heterocycles. The van der Waals surface area contributed by atoms with Gasteiger partial charge in [-0.25, -0.2) is 0 Å². The van der Waals surface area contributed by atoms with Crippen LogP contribution in [0.15, 0.2) is 60.8 Å². The van der Waals surface area contributed by atoms with Gasteiger partial charge in [0.1, 0.15) is 13.2 Å². The molecule has 0 rings (SSSR count). The van der Waals surface area contributed by atoms with Crippen molar-refractivity contribution in [1.82, 2.24) is 0 Å². The normalized spacial score (nSPS) is 12.4. The number of allylic oxidation sites excluding steroid dienone is 10. The van der Waals surface area contributed by atoms with Crippen molar-refractivity contribution >= 4 is 17.9 Å². The lowest BCUT2D eigenvalue weighted by atomic mass is 10.1. The zero-order valence-corrected chi connectivity index (χ0v) is 45.8. The highest BCUT2D eigenvalue weighted by Gasteiger charge is 2.19. The average molecular weight is 966 g/mol. The summed E-state index contributed by atoms with van der Waals surface area (Å²) in [6.07, 6.45) is 72.2. The fraction of sp³-hybridized carbons (Fsp3) is 0.794. The van der Waals surface area contributed by atoms with E-state index in [0.29, 0.717) is 19.3 Å². The number of carbonyl (C=O) groups is 3. The zero-order chi connectivity index (χ0) is 50.0. The van der Waals surface area contributed by atoms with Crippen LogP contribution in [0.2, 0.25) is 0 Å². The Labute approximate surface area is 428 Å². The van der Waals surface area contributed by atoms with Crippen molar-refractivity contribution in [3.63, 3.8) is 0 Å². The van der Waals surface area contributed by atoms with Crippen LogP contribution in [-0.4, -0.2) is 37.2 Å². The van der Waals surface area contributed by atoms with Gasteiger partial charge in [-0.15, -0.1) is 0 Å². The summed E-state index contributed by atoms with van der Waals surface area (Å²) >= 11 is 0. The molecule has 0 aliphatic carbocycles. The van der Waals surface area contributed by atoms with E-state index in [1.54, 1.807) is 0 Å². The largest absolute Gasteiger partial charge is 0.462 e. The summed E-state index contributed by atoms with van der Waals surface area (Å²) in [4.78, 5) is 38.2. The topological polar surface area (TPSA) is 78.9 Å². The summed E-state index contributed by atoms with van der Waals surface area (Å²) in [7, 11) is 0. The van der Waals surface area contributed by atoms with Crippen molar-refractivity contribution in [3.05, 3.63) is 60.8 Å². The second-order valence-electron chi connectivity index (χ2n) is 19.9. The molecule has 6 heteroatoms. The number of ether oxygens (including phenoxy) is 3. The van der Waals surface area contributed by atoms with Gasteiger partial charge in [0.25, 0.3) is 0 Å². The maximum absolute atomic E-state index is 12.8.